The van der Waals surface area contributed by atoms with Crippen molar-refractivity contribution in [1.29, 1.82) is 0 Å². The average molecular weight is 740 g/mol. The number of nitrogens with zero attached hydrogens (tertiary/aromatic N) is 7. The van der Waals surface area contributed by atoms with E-state index in [4.69, 9.17) is 36.0 Å². The number of hydrogen-bond donors (Lipinski definition) is 0. The van der Waals surface area contributed by atoms with Crippen molar-refractivity contribution in [3.8, 4) is 45.4 Å². The van der Waals surface area contributed by atoms with Gasteiger partial charge in [0.25, 0.3) is 0 Å². The molecule has 1 spiro atoms. The van der Waals surface area contributed by atoms with Crippen LogP contribution in [0.5, 0.6) is 11.8 Å². The number of rotatable bonds is 8. The first-order valence-corrected chi connectivity index (χ1v) is 18.5. The first-order chi connectivity index (χ1) is 25.6. The monoisotopic (exact) mass is 739 g/mol. The Bertz CT molecular complexity index is 2090. The highest BCUT2D eigenvalue weighted by molar-refractivity contribution is 6.36. The fraction of sp³-hybridized carbons (Fsp3) is 0.425. The minimum atomic E-state index is -0.427. The van der Waals surface area contributed by atoms with Crippen LogP contribution in [0.1, 0.15) is 43.1 Å². The van der Waals surface area contributed by atoms with Crippen LogP contribution < -0.4 is 9.47 Å². The molecular formula is C40H43ClFN7O4. The predicted molar refractivity (Wildman–Crippen MR) is 199 cm³/mol. The van der Waals surface area contributed by atoms with Gasteiger partial charge in [0, 0.05) is 112 Å². The van der Waals surface area contributed by atoms with Crippen LogP contribution in [0, 0.1) is 11.2 Å². The molecule has 0 saturated carbocycles. The second-order valence-corrected chi connectivity index (χ2v) is 15.1. The van der Waals surface area contributed by atoms with Crippen LogP contribution in [-0.2, 0) is 22.6 Å². The number of halogens is 2. The quantitative estimate of drug-likeness (QED) is 0.232. The number of aryl methyl sites for hydroxylation is 1. The maximum Gasteiger partial charge on any atom is 0.237 e. The number of ether oxygens (including phenoxy) is 2. The van der Waals surface area contributed by atoms with Crippen molar-refractivity contribution in [2.24, 2.45) is 5.41 Å². The van der Waals surface area contributed by atoms with Crippen LogP contribution in [0.4, 0.5) is 4.39 Å². The summed E-state index contributed by atoms with van der Waals surface area (Å²) < 4.78 is 28.2. The van der Waals surface area contributed by atoms with E-state index in [0.29, 0.717) is 75.8 Å². The second kappa shape index (κ2) is 14.0. The highest BCUT2D eigenvalue weighted by atomic mass is 35.5. The zero-order valence-electron chi connectivity index (χ0n) is 30.5. The number of aromatic nitrogens is 3. The summed E-state index contributed by atoms with van der Waals surface area (Å²) in [5.74, 6) is 0.713. The van der Waals surface area contributed by atoms with E-state index in [1.807, 2.05) is 34.1 Å². The molecule has 0 unspecified atom stereocenters. The van der Waals surface area contributed by atoms with E-state index in [0.717, 1.165) is 63.2 Å². The Morgan fingerprint density at radius 2 is 1.49 bits per heavy atom. The van der Waals surface area contributed by atoms with Crippen LogP contribution in [0.15, 0.2) is 48.7 Å². The van der Waals surface area contributed by atoms with E-state index in [-0.39, 0.29) is 23.3 Å². The van der Waals surface area contributed by atoms with Crippen molar-refractivity contribution in [2.75, 3.05) is 66.6 Å². The average Bonchev–Trinajstić information content (AvgIpc) is 3.54. The fourth-order valence-corrected chi connectivity index (χ4v) is 8.89. The number of carbonyl (C=O) groups excluding carboxylic acids is 2. The maximum atomic E-state index is 16.6. The Morgan fingerprint density at radius 1 is 0.849 bits per heavy atom. The number of pyridine rings is 1. The molecule has 0 bridgehead atoms. The molecule has 1 aliphatic carbocycles. The van der Waals surface area contributed by atoms with Gasteiger partial charge in [0.15, 0.2) is 0 Å². The van der Waals surface area contributed by atoms with E-state index in [9.17, 15) is 9.59 Å². The summed E-state index contributed by atoms with van der Waals surface area (Å²) in [7, 11) is 3.18. The molecule has 4 aromatic rings. The Labute approximate surface area is 313 Å². The molecule has 11 nitrogen and oxygen atoms in total. The lowest BCUT2D eigenvalue weighted by atomic mass is 9.72. The molecular weight excluding hydrogens is 697 g/mol. The number of amides is 2. The Hall–Kier alpha value is -4.65. The molecule has 2 aromatic carbocycles. The minimum Gasteiger partial charge on any atom is -0.481 e. The summed E-state index contributed by atoms with van der Waals surface area (Å²) in [6, 6.07) is 12.9. The van der Waals surface area contributed by atoms with Crippen molar-refractivity contribution in [2.45, 2.75) is 39.3 Å². The van der Waals surface area contributed by atoms with Gasteiger partial charge in [-0.05, 0) is 30.5 Å². The lowest BCUT2D eigenvalue weighted by Crippen LogP contribution is -2.72. The number of carbonyl (C=O) groups is 2. The molecule has 0 N–H and O–H groups in total. The molecule has 8 rings (SSSR count). The normalized spacial score (nSPS) is 19.5. The van der Waals surface area contributed by atoms with Gasteiger partial charge in [0.05, 0.1) is 36.8 Å². The number of hydrogen-bond acceptors (Lipinski definition) is 9. The fourth-order valence-electron chi connectivity index (χ4n) is 8.57. The van der Waals surface area contributed by atoms with Gasteiger partial charge >= 0.3 is 0 Å². The number of piperazine rings is 1. The number of methoxy groups -OCH3 is 2. The molecule has 2 amide bonds. The number of benzene rings is 2. The first-order valence-electron chi connectivity index (χ1n) is 18.1. The van der Waals surface area contributed by atoms with Crippen LogP contribution in [0.3, 0.4) is 0 Å². The lowest BCUT2D eigenvalue weighted by Gasteiger charge is -2.61. The molecule has 2 aromatic heterocycles. The van der Waals surface area contributed by atoms with E-state index >= 15 is 4.39 Å². The Balaban J connectivity index is 1.04. The number of likely N-dealkylation sites (tertiary alicyclic amines) is 2. The third-order valence-corrected chi connectivity index (χ3v) is 11.8. The standard InChI is InChI=1S/C40H43ClFN7O4/c1-24(50)47-15-13-46(14-16-47)19-33-38(52-3)45-32(18-43-33)29-9-5-7-27(36(29)41)28-8-6-10-30(37(28)42)31-17-26-11-12-34(35(26)39(44-31)53-4)49-22-40(23-49)20-48(21-40)25(2)51/h5-10,17-18,34H,11-16,19-23H2,1-4H3/t34-/m0/s1. The van der Waals surface area contributed by atoms with Gasteiger partial charge in [-0.15, -0.1) is 0 Å². The highest BCUT2D eigenvalue weighted by Crippen LogP contribution is 2.50. The molecule has 0 radical (unpaired) electrons. The molecule has 4 aliphatic rings. The second-order valence-electron chi connectivity index (χ2n) is 14.8. The summed E-state index contributed by atoms with van der Waals surface area (Å²) in [5.41, 5.74) is 5.96. The summed E-state index contributed by atoms with van der Waals surface area (Å²) in [6.45, 7) is 10.1. The molecule has 3 fully saturated rings. The molecule has 5 heterocycles. The van der Waals surface area contributed by atoms with E-state index in [1.54, 1.807) is 52.5 Å². The third kappa shape index (κ3) is 6.40. The van der Waals surface area contributed by atoms with Crippen LogP contribution in [-0.4, -0.2) is 113 Å². The number of fused-ring (bicyclic) bond motifs is 1. The molecule has 3 aliphatic heterocycles. The Kier molecular flexibility index (Phi) is 9.32. The Morgan fingerprint density at radius 3 is 2.17 bits per heavy atom. The first kappa shape index (κ1) is 35.4. The van der Waals surface area contributed by atoms with Gasteiger partial charge in [-0.3, -0.25) is 24.4 Å². The lowest BCUT2D eigenvalue weighted by molar-refractivity contribution is -0.161. The smallest absolute Gasteiger partial charge is 0.237 e. The third-order valence-electron chi connectivity index (χ3n) is 11.4. The minimum absolute atomic E-state index is 0.0839. The molecule has 53 heavy (non-hydrogen) atoms. The van der Waals surface area contributed by atoms with Gasteiger partial charge in [-0.1, -0.05) is 41.9 Å². The van der Waals surface area contributed by atoms with Crippen molar-refractivity contribution >= 4 is 23.4 Å². The van der Waals surface area contributed by atoms with Crippen molar-refractivity contribution in [3.05, 3.63) is 76.3 Å². The van der Waals surface area contributed by atoms with Crippen molar-refractivity contribution in [3.63, 3.8) is 0 Å². The summed E-state index contributed by atoms with van der Waals surface area (Å²) in [6.07, 6.45) is 3.47. The summed E-state index contributed by atoms with van der Waals surface area (Å²) >= 11 is 7.05. The maximum absolute atomic E-state index is 16.6. The van der Waals surface area contributed by atoms with Gasteiger partial charge in [0.2, 0.25) is 23.6 Å². The largest absolute Gasteiger partial charge is 0.481 e. The van der Waals surface area contributed by atoms with E-state index in [2.05, 4.69) is 9.80 Å². The predicted octanol–water partition coefficient (Wildman–Crippen LogP) is 5.50. The van der Waals surface area contributed by atoms with Crippen molar-refractivity contribution in [1.82, 2.24) is 34.6 Å². The molecule has 13 heteroatoms. The van der Waals surface area contributed by atoms with Crippen LogP contribution in [0.2, 0.25) is 5.02 Å². The van der Waals surface area contributed by atoms with Gasteiger partial charge in [-0.25, -0.2) is 14.4 Å². The van der Waals surface area contributed by atoms with Gasteiger partial charge in [-0.2, -0.15) is 0 Å². The van der Waals surface area contributed by atoms with Crippen molar-refractivity contribution < 1.29 is 23.5 Å². The van der Waals surface area contributed by atoms with Crippen LogP contribution in [0.25, 0.3) is 33.6 Å². The van der Waals surface area contributed by atoms with Gasteiger partial charge in [0.1, 0.15) is 11.5 Å². The van der Waals surface area contributed by atoms with Crippen LogP contribution >= 0.6 is 11.6 Å². The van der Waals surface area contributed by atoms with E-state index in [1.165, 1.54) is 0 Å². The van der Waals surface area contributed by atoms with E-state index < -0.39 is 5.82 Å². The SMILES string of the molecule is COc1nc(-c2cccc(-c3cccc(-c4cc5c(c(OC)n4)[C@@H](N4CC6(CN(C(C)=O)C6)C4)CC5)c3F)c2Cl)cnc1CN1CCN(C(C)=O)CC1. The van der Waals surface area contributed by atoms with Gasteiger partial charge < -0.3 is 19.3 Å². The zero-order valence-corrected chi connectivity index (χ0v) is 31.2. The highest BCUT2D eigenvalue weighted by Gasteiger charge is 2.55. The molecule has 276 valence electrons. The summed E-state index contributed by atoms with van der Waals surface area (Å²) in [4.78, 5) is 46.3. The molecule has 3 saturated heterocycles. The topological polar surface area (TPSA) is 104 Å². The summed E-state index contributed by atoms with van der Waals surface area (Å²) in [5, 5.41) is 0.348. The molecule has 1 atom stereocenters. The zero-order chi connectivity index (χ0) is 37.0.